The highest BCUT2D eigenvalue weighted by Gasteiger charge is 2.29. The third-order valence-electron chi connectivity index (χ3n) is 6.95. The van der Waals surface area contributed by atoms with E-state index < -0.39 is 6.10 Å². The number of hydrogen-bond acceptors (Lipinski definition) is 8. The number of nitrogens with zero attached hydrogens (tertiary/aromatic N) is 3. The number of benzene rings is 2. The zero-order valence-corrected chi connectivity index (χ0v) is 21.6. The Morgan fingerprint density at radius 3 is 2.63 bits per heavy atom. The molecule has 204 valence electrons. The summed E-state index contributed by atoms with van der Waals surface area (Å²) >= 11 is 0. The van der Waals surface area contributed by atoms with Crippen molar-refractivity contribution in [3.05, 3.63) is 71.5 Å². The lowest BCUT2D eigenvalue weighted by molar-refractivity contribution is -0.00286. The SMILES string of the molecule is O[C@H](COCc1ccccc1)CN(Cc1c(-c2ccccc2F)noc1N1CCOCC1)C[C@@H]1CCCO1. The third kappa shape index (κ3) is 6.98. The van der Waals surface area contributed by atoms with Gasteiger partial charge in [-0.15, -0.1) is 0 Å². The summed E-state index contributed by atoms with van der Waals surface area (Å²) in [5.74, 6) is 0.273. The predicted molar refractivity (Wildman–Crippen MR) is 141 cm³/mol. The fourth-order valence-electron chi connectivity index (χ4n) is 5.06. The zero-order valence-electron chi connectivity index (χ0n) is 21.6. The van der Waals surface area contributed by atoms with Gasteiger partial charge in [-0.2, -0.15) is 0 Å². The minimum atomic E-state index is -0.705. The molecule has 1 N–H and O–H groups in total. The summed E-state index contributed by atoms with van der Waals surface area (Å²) < 4.78 is 38.0. The molecule has 2 aliphatic rings. The first-order chi connectivity index (χ1) is 18.7. The Balaban J connectivity index is 1.35. The number of ether oxygens (including phenoxy) is 3. The Bertz CT molecular complexity index is 1130. The van der Waals surface area contributed by atoms with Crippen LogP contribution in [0.4, 0.5) is 10.3 Å². The summed E-state index contributed by atoms with van der Waals surface area (Å²) in [6, 6.07) is 16.5. The molecule has 2 aromatic carbocycles. The van der Waals surface area contributed by atoms with E-state index in [1.807, 2.05) is 30.3 Å². The first-order valence-corrected chi connectivity index (χ1v) is 13.4. The second-order valence-electron chi connectivity index (χ2n) is 9.88. The second kappa shape index (κ2) is 13.3. The van der Waals surface area contributed by atoms with Crippen molar-refractivity contribution >= 4 is 5.88 Å². The summed E-state index contributed by atoms with van der Waals surface area (Å²) in [5.41, 5.74) is 2.74. The fourth-order valence-corrected chi connectivity index (χ4v) is 5.06. The van der Waals surface area contributed by atoms with Crippen molar-refractivity contribution in [2.75, 3.05) is 57.5 Å². The van der Waals surface area contributed by atoms with Crippen molar-refractivity contribution in [1.82, 2.24) is 10.1 Å². The smallest absolute Gasteiger partial charge is 0.232 e. The van der Waals surface area contributed by atoms with E-state index in [4.69, 9.17) is 18.7 Å². The molecule has 0 saturated carbocycles. The van der Waals surface area contributed by atoms with Gasteiger partial charge in [0.05, 0.1) is 44.2 Å². The van der Waals surface area contributed by atoms with Gasteiger partial charge in [0.25, 0.3) is 0 Å². The second-order valence-corrected chi connectivity index (χ2v) is 9.88. The summed E-state index contributed by atoms with van der Waals surface area (Å²) in [6.07, 6.45) is 1.37. The van der Waals surface area contributed by atoms with E-state index in [1.165, 1.54) is 6.07 Å². The number of rotatable bonds is 12. The molecule has 0 unspecified atom stereocenters. The van der Waals surface area contributed by atoms with E-state index in [-0.39, 0.29) is 18.5 Å². The quantitative estimate of drug-likeness (QED) is 0.382. The van der Waals surface area contributed by atoms with Crippen LogP contribution < -0.4 is 4.90 Å². The maximum absolute atomic E-state index is 14.9. The Hall–Kier alpha value is -2.82. The van der Waals surface area contributed by atoms with Gasteiger partial charge in [-0.1, -0.05) is 47.6 Å². The van der Waals surface area contributed by atoms with E-state index in [2.05, 4.69) is 15.0 Å². The van der Waals surface area contributed by atoms with Gasteiger partial charge < -0.3 is 28.7 Å². The molecule has 2 aliphatic heterocycles. The van der Waals surface area contributed by atoms with Crippen LogP contribution in [-0.2, 0) is 27.4 Å². The van der Waals surface area contributed by atoms with Crippen LogP contribution >= 0.6 is 0 Å². The van der Waals surface area contributed by atoms with Gasteiger partial charge in [0.2, 0.25) is 5.88 Å². The Morgan fingerprint density at radius 2 is 1.87 bits per heavy atom. The summed E-state index contributed by atoms with van der Waals surface area (Å²) in [4.78, 5) is 4.24. The van der Waals surface area contributed by atoms with Crippen LogP contribution in [0.25, 0.3) is 11.3 Å². The molecule has 0 bridgehead atoms. The largest absolute Gasteiger partial charge is 0.389 e. The molecule has 2 atom stereocenters. The molecule has 2 saturated heterocycles. The molecule has 2 fully saturated rings. The van der Waals surface area contributed by atoms with Crippen molar-refractivity contribution in [2.24, 2.45) is 0 Å². The van der Waals surface area contributed by atoms with Crippen molar-refractivity contribution in [3.63, 3.8) is 0 Å². The van der Waals surface area contributed by atoms with Crippen molar-refractivity contribution in [1.29, 1.82) is 0 Å². The normalized spacial score (nSPS) is 18.8. The van der Waals surface area contributed by atoms with Crippen LogP contribution in [0.1, 0.15) is 24.0 Å². The van der Waals surface area contributed by atoms with E-state index in [1.54, 1.807) is 18.2 Å². The van der Waals surface area contributed by atoms with Gasteiger partial charge in [0.1, 0.15) is 11.5 Å². The molecular weight excluding hydrogens is 489 g/mol. The topological polar surface area (TPSA) is 80.4 Å². The average Bonchev–Trinajstić information content (AvgIpc) is 3.60. The molecule has 8 nitrogen and oxygen atoms in total. The van der Waals surface area contributed by atoms with Gasteiger partial charge >= 0.3 is 0 Å². The van der Waals surface area contributed by atoms with Crippen LogP contribution in [0.15, 0.2) is 59.1 Å². The van der Waals surface area contributed by atoms with Crippen molar-refractivity contribution in [3.8, 4) is 11.3 Å². The lowest BCUT2D eigenvalue weighted by Crippen LogP contribution is -2.40. The van der Waals surface area contributed by atoms with E-state index >= 15 is 0 Å². The highest BCUT2D eigenvalue weighted by molar-refractivity contribution is 5.69. The Morgan fingerprint density at radius 1 is 1.08 bits per heavy atom. The lowest BCUT2D eigenvalue weighted by atomic mass is 10.1. The van der Waals surface area contributed by atoms with Crippen molar-refractivity contribution < 1.29 is 28.2 Å². The van der Waals surface area contributed by atoms with Gasteiger partial charge in [-0.25, -0.2) is 4.39 Å². The monoisotopic (exact) mass is 525 g/mol. The number of hydrogen-bond donors (Lipinski definition) is 1. The van der Waals surface area contributed by atoms with Gasteiger partial charge in [-0.3, -0.25) is 4.90 Å². The summed E-state index contributed by atoms with van der Waals surface area (Å²) in [7, 11) is 0. The molecule has 38 heavy (non-hydrogen) atoms. The number of aromatic nitrogens is 1. The van der Waals surface area contributed by atoms with Gasteiger partial charge in [0.15, 0.2) is 0 Å². The van der Waals surface area contributed by atoms with Gasteiger partial charge in [0, 0.05) is 44.9 Å². The Kier molecular flexibility index (Phi) is 9.37. The molecule has 0 radical (unpaired) electrons. The number of aliphatic hydroxyl groups is 1. The highest BCUT2D eigenvalue weighted by Crippen LogP contribution is 2.34. The molecule has 9 heteroatoms. The highest BCUT2D eigenvalue weighted by atomic mass is 19.1. The Labute approximate surface area is 222 Å². The van der Waals surface area contributed by atoms with Crippen LogP contribution in [-0.4, -0.2) is 80.0 Å². The van der Waals surface area contributed by atoms with Gasteiger partial charge in [-0.05, 0) is 30.5 Å². The number of morpholine rings is 1. The van der Waals surface area contributed by atoms with Crippen LogP contribution in [0.5, 0.6) is 0 Å². The average molecular weight is 526 g/mol. The van der Waals surface area contributed by atoms with E-state index in [0.717, 1.165) is 30.6 Å². The minimum absolute atomic E-state index is 0.0797. The molecule has 0 spiro atoms. The number of aliphatic hydroxyl groups excluding tert-OH is 1. The third-order valence-corrected chi connectivity index (χ3v) is 6.95. The molecule has 3 aromatic rings. The lowest BCUT2D eigenvalue weighted by Gasteiger charge is -2.30. The number of halogens is 1. The standard InChI is InChI=1S/C29H36FN3O5/c30-27-11-5-4-10-25(27)28-26(29(38-31-28)33-12-15-35-16-13-33)19-32(18-24-9-6-14-37-24)17-23(34)21-36-20-22-7-2-1-3-8-22/h1-5,7-8,10-11,23-24,34H,6,9,12-21H2/t23-,24-/m0/s1. The molecule has 3 heterocycles. The van der Waals surface area contributed by atoms with Crippen LogP contribution in [0.3, 0.4) is 0 Å². The van der Waals surface area contributed by atoms with Crippen molar-refractivity contribution in [2.45, 2.75) is 38.2 Å². The molecule has 1 aromatic heterocycles. The van der Waals surface area contributed by atoms with E-state index in [9.17, 15) is 9.50 Å². The summed E-state index contributed by atoms with van der Waals surface area (Å²) in [5, 5.41) is 15.2. The van der Waals surface area contributed by atoms with E-state index in [0.29, 0.717) is 69.7 Å². The molecule has 0 amide bonds. The maximum Gasteiger partial charge on any atom is 0.232 e. The predicted octanol–water partition coefficient (Wildman–Crippen LogP) is 3.88. The number of anilines is 1. The van der Waals surface area contributed by atoms with Crippen LogP contribution in [0.2, 0.25) is 0 Å². The molecule has 0 aliphatic carbocycles. The summed E-state index contributed by atoms with van der Waals surface area (Å²) in [6.45, 7) is 5.34. The van der Waals surface area contributed by atoms with Crippen LogP contribution in [0, 0.1) is 5.82 Å². The first-order valence-electron chi connectivity index (χ1n) is 13.4. The first kappa shape index (κ1) is 26.8. The zero-order chi connectivity index (χ0) is 26.2. The minimum Gasteiger partial charge on any atom is -0.389 e. The molecule has 5 rings (SSSR count). The maximum atomic E-state index is 14.9. The molecular formula is C29H36FN3O5. The fraction of sp³-hybridized carbons (Fsp3) is 0.483.